The number of rotatable bonds is 4. The van der Waals surface area contributed by atoms with Gasteiger partial charge in [0.05, 0.1) is 18.8 Å². The maximum Gasteiger partial charge on any atom is 0.237 e. The molecule has 1 fully saturated rings. The van der Waals surface area contributed by atoms with Gasteiger partial charge >= 0.3 is 0 Å². The largest absolute Gasteiger partial charge is 0.337 e. The van der Waals surface area contributed by atoms with E-state index in [4.69, 9.17) is 0 Å². The average Bonchev–Trinajstić information content (AvgIpc) is 2.52. The van der Waals surface area contributed by atoms with E-state index in [0.717, 1.165) is 11.8 Å². The highest BCUT2D eigenvalue weighted by Crippen LogP contribution is 2.25. The molecule has 1 aromatic rings. The summed E-state index contributed by atoms with van der Waals surface area (Å²) in [5.74, 6) is -0.334. The van der Waals surface area contributed by atoms with Gasteiger partial charge in [-0.05, 0) is 5.56 Å². The fourth-order valence-corrected chi connectivity index (χ4v) is 3.04. The fraction of sp³-hybridized carbons (Fsp3) is 0.467. The Kier molecular flexibility index (Phi) is 5.38. The van der Waals surface area contributed by atoms with Crippen LogP contribution >= 0.6 is 0 Å². The molecule has 1 atom stereocenters. The van der Waals surface area contributed by atoms with E-state index < -0.39 is 10.0 Å². The van der Waals surface area contributed by atoms with Gasteiger partial charge in [-0.1, -0.05) is 30.3 Å². The van der Waals surface area contributed by atoms with Crippen LogP contribution in [0.15, 0.2) is 30.3 Å². The molecule has 7 nitrogen and oxygen atoms in total. The predicted octanol–water partition coefficient (Wildman–Crippen LogP) is -0.0324. The molecule has 0 unspecified atom stereocenters. The number of nitrogens with one attached hydrogen (secondary N) is 1. The molecule has 0 aliphatic carbocycles. The smallest absolute Gasteiger partial charge is 0.237 e. The second kappa shape index (κ2) is 7.10. The summed E-state index contributed by atoms with van der Waals surface area (Å²) >= 11 is 0. The Balaban J connectivity index is 2.12. The SMILES string of the molecule is CC(=O)N1CCN(C(=O)CNS(C)(=O)=O)C[C@H]1c1ccccc1. The first kappa shape index (κ1) is 17.4. The Hall–Kier alpha value is -1.93. The normalized spacial score (nSPS) is 18.8. The number of sulfonamides is 1. The summed E-state index contributed by atoms with van der Waals surface area (Å²) in [7, 11) is -3.41. The highest BCUT2D eigenvalue weighted by atomic mass is 32.2. The van der Waals surface area contributed by atoms with E-state index in [2.05, 4.69) is 4.72 Å². The quantitative estimate of drug-likeness (QED) is 0.834. The molecule has 1 aromatic carbocycles. The van der Waals surface area contributed by atoms with Crippen LogP contribution < -0.4 is 4.72 Å². The Morgan fingerprint density at radius 2 is 1.87 bits per heavy atom. The predicted molar refractivity (Wildman–Crippen MR) is 86.0 cm³/mol. The summed E-state index contributed by atoms with van der Waals surface area (Å²) in [6, 6.07) is 9.29. The highest BCUT2D eigenvalue weighted by molar-refractivity contribution is 7.88. The van der Waals surface area contributed by atoms with Gasteiger partial charge in [0.15, 0.2) is 0 Å². The lowest BCUT2D eigenvalue weighted by Crippen LogP contribution is -2.53. The first-order valence-corrected chi connectivity index (χ1v) is 9.21. The van der Waals surface area contributed by atoms with Crippen molar-refractivity contribution in [3.8, 4) is 0 Å². The van der Waals surface area contributed by atoms with Crippen molar-refractivity contribution in [3.63, 3.8) is 0 Å². The maximum atomic E-state index is 12.2. The lowest BCUT2D eigenvalue weighted by atomic mass is 10.0. The molecule has 0 saturated carbocycles. The lowest BCUT2D eigenvalue weighted by Gasteiger charge is -2.41. The Morgan fingerprint density at radius 3 is 2.43 bits per heavy atom. The van der Waals surface area contributed by atoms with Gasteiger partial charge in [0.1, 0.15) is 0 Å². The van der Waals surface area contributed by atoms with Crippen molar-refractivity contribution in [2.45, 2.75) is 13.0 Å². The molecule has 126 valence electrons. The van der Waals surface area contributed by atoms with E-state index in [9.17, 15) is 18.0 Å². The van der Waals surface area contributed by atoms with Crippen LogP contribution in [0.1, 0.15) is 18.5 Å². The van der Waals surface area contributed by atoms with E-state index in [1.807, 2.05) is 30.3 Å². The second-order valence-corrected chi connectivity index (χ2v) is 7.40. The van der Waals surface area contributed by atoms with Crippen molar-refractivity contribution < 1.29 is 18.0 Å². The first-order valence-electron chi connectivity index (χ1n) is 7.32. The van der Waals surface area contributed by atoms with Gasteiger partial charge in [-0.15, -0.1) is 0 Å². The number of carbonyl (C=O) groups is 2. The number of piperazine rings is 1. The Morgan fingerprint density at radius 1 is 1.22 bits per heavy atom. The summed E-state index contributed by atoms with van der Waals surface area (Å²) in [5.41, 5.74) is 0.955. The van der Waals surface area contributed by atoms with Crippen LogP contribution in [0.2, 0.25) is 0 Å². The van der Waals surface area contributed by atoms with E-state index in [0.29, 0.717) is 19.6 Å². The fourth-order valence-electron chi connectivity index (χ4n) is 2.65. The third-order valence-electron chi connectivity index (χ3n) is 3.81. The molecular weight excluding hydrogens is 318 g/mol. The molecule has 2 rings (SSSR count). The van der Waals surface area contributed by atoms with Gasteiger partial charge in [-0.3, -0.25) is 9.59 Å². The zero-order valence-electron chi connectivity index (χ0n) is 13.2. The molecule has 1 aliphatic heterocycles. The number of nitrogens with zero attached hydrogens (tertiary/aromatic N) is 2. The van der Waals surface area contributed by atoms with Crippen molar-refractivity contribution in [1.29, 1.82) is 0 Å². The highest BCUT2D eigenvalue weighted by Gasteiger charge is 2.31. The van der Waals surface area contributed by atoms with Crippen LogP contribution in [0.5, 0.6) is 0 Å². The van der Waals surface area contributed by atoms with E-state index in [1.54, 1.807) is 9.80 Å². The summed E-state index contributed by atoms with van der Waals surface area (Å²) in [4.78, 5) is 27.4. The monoisotopic (exact) mass is 339 g/mol. The summed E-state index contributed by atoms with van der Waals surface area (Å²) in [5, 5.41) is 0. The number of amides is 2. The zero-order chi connectivity index (χ0) is 17.0. The van der Waals surface area contributed by atoms with Gasteiger partial charge in [-0.2, -0.15) is 0 Å². The molecule has 23 heavy (non-hydrogen) atoms. The van der Waals surface area contributed by atoms with Gasteiger partial charge in [0, 0.05) is 26.6 Å². The second-order valence-electron chi connectivity index (χ2n) is 5.57. The van der Waals surface area contributed by atoms with E-state index >= 15 is 0 Å². The third kappa shape index (κ3) is 4.77. The van der Waals surface area contributed by atoms with Crippen molar-refractivity contribution in [3.05, 3.63) is 35.9 Å². The van der Waals surface area contributed by atoms with Crippen LogP contribution in [0.4, 0.5) is 0 Å². The molecule has 2 amide bonds. The minimum Gasteiger partial charge on any atom is -0.337 e. The van der Waals surface area contributed by atoms with Crippen LogP contribution in [-0.4, -0.2) is 62.5 Å². The number of carbonyl (C=O) groups excluding carboxylic acids is 2. The maximum absolute atomic E-state index is 12.2. The molecule has 1 saturated heterocycles. The van der Waals surface area contributed by atoms with Gasteiger partial charge in [-0.25, -0.2) is 13.1 Å². The number of benzene rings is 1. The van der Waals surface area contributed by atoms with Gasteiger partial charge in [0.2, 0.25) is 21.8 Å². The Labute approximate surface area is 136 Å². The van der Waals surface area contributed by atoms with Crippen molar-refractivity contribution >= 4 is 21.8 Å². The molecule has 1 aliphatic rings. The van der Waals surface area contributed by atoms with Crippen LogP contribution in [-0.2, 0) is 19.6 Å². The van der Waals surface area contributed by atoms with Crippen LogP contribution in [0.25, 0.3) is 0 Å². The van der Waals surface area contributed by atoms with E-state index in [-0.39, 0.29) is 24.4 Å². The lowest BCUT2D eigenvalue weighted by molar-refractivity contribution is -0.141. The number of hydrogen-bond donors (Lipinski definition) is 1. The zero-order valence-corrected chi connectivity index (χ0v) is 14.0. The summed E-state index contributed by atoms with van der Waals surface area (Å²) in [6.07, 6.45) is 1.01. The van der Waals surface area contributed by atoms with Crippen molar-refractivity contribution in [2.24, 2.45) is 0 Å². The first-order chi connectivity index (χ1) is 10.8. The topological polar surface area (TPSA) is 86.8 Å². The molecule has 0 aromatic heterocycles. The van der Waals surface area contributed by atoms with Crippen molar-refractivity contribution in [2.75, 3.05) is 32.4 Å². The van der Waals surface area contributed by atoms with Crippen LogP contribution in [0.3, 0.4) is 0 Å². The van der Waals surface area contributed by atoms with Crippen molar-refractivity contribution in [1.82, 2.24) is 14.5 Å². The Bertz CT molecular complexity index is 675. The van der Waals surface area contributed by atoms with Crippen LogP contribution in [0, 0.1) is 0 Å². The molecule has 0 bridgehead atoms. The molecule has 0 spiro atoms. The minimum atomic E-state index is -3.41. The molecule has 8 heteroatoms. The average molecular weight is 339 g/mol. The van der Waals surface area contributed by atoms with E-state index in [1.165, 1.54) is 6.92 Å². The summed E-state index contributed by atoms with van der Waals surface area (Å²) in [6.45, 7) is 2.43. The molecule has 0 radical (unpaired) electrons. The molecule has 1 N–H and O–H groups in total. The standard InChI is InChI=1S/C15H21N3O4S/c1-12(19)18-9-8-17(15(20)10-16-23(2,21)22)11-14(18)13-6-4-3-5-7-13/h3-7,14,16H,8-11H2,1-2H3/t14-/m0/s1. The number of hydrogen-bond acceptors (Lipinski definition) is 4. The minimum absolute atomic E-state index is 0.0415. The van der Waals surface area contributed by atoms with Gasteiger partial charge in [0.25, 0.3) is 0 Å². The summed E-state index contributed by atoms with van der Waals surface area (Å²) < 4.78 is 24.4. The molecule has 1 heterocycles. The van der Waals surface area contributed by atoms with Gasteiger partial charge < -0.3 is 9.80 Å². The third-order valence-corrected chi connectivity index (χ3v) is 4.48. The molecular formula is C15H21N3O4S.